The quantitative estimate of drug-likeness (QED) is 0.647. The van der Waals surface area contributed by atoms with Crippen molar-refractivity contribution in [2.45, 2.75) is 38.5 Å². The molecule has 1 aromatic heterocycles. The Labute approximate surface area is 206 Å². The average Bonchev–Trinajstić information content (AvgIpc) is 3.44. The summed E-state index contributed by atoms with van der Waals surface area (Å²) in [6.07, 6.45) is 2.22. The van der Waals surface area contributed by atoms with Gasteiger partial charge in [0, 0.05) is 44.6 Å². The third kappa shape index (κ3) is 5.55. The van der Waals surface area contributed by atoms with Gasteiger partial charge in [-0.25, -0.2) is 0 Å². The molecule has 1 aromatic carbocycles. The molecule has 0 bridgehead atoms. The van der Waals surface area contributed by atoms with E-state index in [9.17, 15) is 22.8 Å². The van der Waals surface area contributed by atoms with Gasteiger partial charge in [0.1, 0.15) is 5.75 Å². The number of benzene rings is 1. The Kier molecular flexibility index (Phi) is 6.72. The van der Waals surface area contributed by atoms with Gasteiger partial charge in [0.2, 0.25) is 11.8 Å². The Bertz CT molecular complexity index is 1110. The lowest BCUT2D eigenvalue weighted by atomic mass is 9.89. The smallest absolute Gasteiger partial charge is 0.406 e. The maximum atomic E-state index is 13.2. The lowest BCUT2D eigenvalue weighted by Gasteiger charge is -2.26. The number of alkyl halides is 3. The molecule has 0 radical (unpaired) electrons. The molecule has 5 rings (SSSR count). The predicted octanol–water partition coefficient (Wildman–Crippen LogP) is 3.22. The fourth-order valence-electron chi connectivity index (χ4n) is 5.56. The van der Waals surface area contributed by atoms with Gasteiger partial charge in [-0.15, -0.1) is 13.2 Å². The van der Waals surface area contributed by atoms with Crippen LogP contribution in [-0.2, 0) is 22.4 Å². The molecule has 1 aliphatic carbocycles. The molecule has 2 saturated heterocycles. The lowest BCUT2D eigenvalue weighted by Crippen LogP contribution is -2.38. The van der Waals surface area contributed by atoms with Crippen LogP contribution in [0.5, 0.6) is 5.75 Å². The normalized spacial score (nSPS) is 24.4. The zero-order valence-corrected chi connectivity index (χ0v) is 19.7. The van der Waals surface area contributed by atoms with E-state index >= 15 is 0 Å². The second-order valence-corrected chi connectivity index (χ2v) is 9.77. The molecule has 1 N–H and O–H groups in total. The van der Waals surface area contributed by atoms with Crippen molar-refractivity contribution in [3.63, 3.8) is 0 Å². The number of aromatic amines is 1. The van der Waals surface area contributed by atoms with Crippen LogP contribution in [0, 0.1) is 17.8 Å². The number of aryl methyl sites for hydroxylation is 1. The van der Waals surface area contributed by atoms with Crippen molar-refractivity contribution in [3.8, 4) is 5.75 Å². The molecule has 2 fully saturated rings. The van der Waals surface area contributed by atoms with Crippen molar-refractivity contribution in [2.75, 3.05) is 26.2 Å². The number of amides is 2. The van der Waals surface area contributed by atoms with Gasteiger partial charge in [0.25, 0.3) is 0 Å². The van der Waals surface area contributed by atoms with E-state index in [-0.39, 0.29) is 23.5 Å². The van der Waals surface area contributed by atoms with Crippen molar-refractivity contribution in [2.24, 2.45) is 17.8 Å². The van der Waals surface area contributed by atoms with E-state index in [4.69, 9.17) is 0 Å². The zero-order chi connectivity index (χ0) is 25.3. The number of hydrogen-bond acceptors (Lipinski definition) is 5. The number of nitrogens with one attached hydrogen (secondary N) is 1. The molecule has 36 heavy (non-hydrogen) atoms. The van der Waals surface area contributed by atoms with E-state index in [2.05, 4.69) is 20.1 Å². The second kappa shape index (κ2) is 9.94. The van der Waals surface area contributed by atoms with Gasteiger partial charge in [-0.05, 0) is 61.3 Å². The molecular formula is C25H28F3N5O3. The predicted molar refractivity (Wildman–Crippen MR) is 123 cm³/mol. The van der Waals surface area contributed by atoms with E-state index in [1.165, 1.54) is 30.3 Å². The van der Waals surface area contributed by atoms with Crippen LogP contribution in [0.4, 0.5) is 13.2 Å². The minimum atomic E-state index is -4.74. The average molecular weight is 504 g/mol. The maximum Gasteiger partial charge on any atom is 0.573 e. The van der Waals surface area contributed by atoms with E-state index in [1.54, 1.807) is 6.08 Å². The van der Waals surface area contributed by atoms with Gasteiger partial charge < -0.3 is 14.5 Å². The van der Waals surface area contributed by atoms with Crippen LogP contribution in [-0.4, -0.2) is 69.6 Å². The molecule has 192 valence electrons. The summed E-state index contributed by atoms with van der Waals surface area (Å²) in [6.45, 7) is 2.71. The SMILES string of the molecule is O=C(C=Cc1ccc(OC(F)(F)F)cc1)N1CCC2CN(C(=O)C3CCc4n[nH]nc4C3)CC2CC1. The molecule has 0 saturated carbocycles. The first-order chi connectivity index (χ1) is 17.2. The van der Waals surface area contributed by atoms with E-state index in [1.807, 2.05) is 9.80 Å². The highest BCUT2D eigenvalue weighted by molar-refractivity contribution is 5.91. The van der Waals surface area contributed by atoms with Crippen LogP contribution in [0.15, 0.2) is 30.3 Å². The fourth-order valence-corrected chi connectivity index (χ4v) is 5.56. The van der Waals surface area contributed by atoms with Crippen LogP contribution < -0.4 is 4.74 Å². The van der Waals surface area contributed by atoms with Gasteiger partial charge >= 0.3 is 6.36 Å². The first-order valence-corrected chi connectivity index (χ1v) is 12.3. The Morgan fingerprint density at radius 3 is 2.31 bits per heavy atom. The number of rotatable bonds is 4. The summed E-state index contributed by atoms with van der Waals surface area (Å²) in [5.41, 5.74) is 2.48. The first-order valence-electron chi connectivity index (χ1n) is 12.3. The summed E-state index contributed by atoms with van der Waals surface area (Å²) in [4.78, 5) is 29.7. The summed E-state index contributed by atoms with van der Waals surface area (Å²) in [5.74, 6) is 0.501. The number of carbonyl (C=O) groups is 2. The zero-order valence-electron chi connectivity index (χ0n) is 19.7. The number of ether oxygens (including phenoxy) is 1. The Morgan fingerprint density at radius 1 is 0.972 bits per heavy atom. The summed E-state index contributed by atoms with van der Waals surface area (Å²) >= 11 is 0. The van der Waals surface area contributed by atoms with Crippen molar-refractivity contribution in [1.29, 1.82) is 0 Å². The maximum absolute atomic E-state index is 13.2. The number of hydrogen-bond donors (Lipinski definition) is 1. The Balaban J connectivity index is 1.11. The molecule has 3 aliphatic rings. The van der Waals surface area contributed by atoms with Crippen molar-refractivity contribution in [1.82, 2.24) is 25.2 Å². The summed E-state index contributed by atoms with van der Waals surface area (Å²) in [6, 6.07) is 5.38. The van der Waals surface area contributed by atoms with Crippen LogP contribution in [0.2, 0.25) is 0 Å². The molecule has 2 amide bonds. The molecule has 8 nitrogen and oxygen atoms in total. The van der Waals surface area contributed by atoms with Crippen molar-refractivity contribution < 1.29 is 27.5 Å². The van der Waals surface area contributed by atoms with Crippen LogP contribution >= 0.6 is 0 Å². The van der Waals surface area contributed by atoms with Gasteiger partial charge in [-0.3, -0.25) is 9.59 Å². The Morgan fingerprint density at radius 2 is 1.64 bits per heavy atom. The minimum Gasteiger partial charge on any atom is -0.406 e. The van der Waals surface area contributed by atoms with Crippen LogP contribution in [0.3, 0.4) is 0 Å². The number of carbonyl (C=O) groups excluding carboxylic acids is 2. The molecule has 3 atom stereocenters. The summed E-state index contributed by atoms with van der Waals surface area (Å²) in [7, 11) is 0. The number of H-pyrrole nitrogens is 1. The number of nitrogens with zero attached hydrogens (tertiary/aromatic N) is 4. The molecule has 3 unspecified atom stereocenters. The lowest BCUT2D eigenvalue weighted by molar-refractivity contribution is -0.274. The standard InChI is InChI=1S/C25H28F3N5O3/c26-25(27,28)36-20-5-1-16(2-6-20)3-8-23(34)32-11-9-18-14-33(15-19(18)10-12-32)24(35)17-4-7-21-22(13-17)30-31-29-21/h1-3,5-6,8,17-19H,4,7,9-15H2,(H,29,30,31). The number of likely N-dealkylation sites (tertiary alicyclic amines) is 2. The molecule has 0 spiro atoms. The van der Waals surface area contributed by atoms with Gasteiger partial charge in [-0.2, -0.15) is 15.4 Å². The largest absolute Gasteiger partial charge is 0.573 e. The molecule has 11 heteroatoms. The fraction of sp³-hybridized carbons (Fsp3) is 0.520. The monoisotopic (exact) mass is 503 g/mol. The topological polar surface area (TPSA) is 91.4 Å². The number of fused-ring (bicyclic) bond motifs is 2. The summed E-state index contributed by atoms with van der Waals surface area (Å²) < 4.78 is 40.7. The molecule has 2 aromatic rings. The highest BCUT2D eigenvalue weighted by Gasteiger charge is 2.40. The van der Waals surface area contributed by atoms with E-state index in [0.29, 0.717) is 36.9 Å². The van der Waals surface area contributed by atoms with E-state index in [0.717, 1.165) is 50.2 Å². The molecular weight excluding hydrogens is 475 g/mol. The Hall–Kier alpha value is -3.37. The van der Waals surface area contributed by atoms with Gasteiger partial charge in [-0.1, -0.05) is 12.1 Å². The highest BCUT2D eigenvalue weighted by Crippen LogP contribution is 2.34. The van der Waals surface area contributed by atoms with E-state index < -0.39 is 6.36 Å². The first kappa shape index (κ1) is 24.3. The number of halogens is 3. The second-order valence-electron chi connectivity index (χ2n) is 9.77. The summed E-state index contributed by atoms with van der Waals surface area (Å²) in [5, 5.41) is 11.0. The minimum absolute atomic E-state index is 0.0396. The van der Waals surface area contributed by atoms with Gasteiger partial charge in [0.05, 0.1) is 11.4 Å². The third-order valence-electron chi connectivity index (χ3n) is 7.49. The molecule has 2 aliphatic heterocycles. The van der Waals surface area contributed by atoms with Crippen molar-refractivity contribution >= 4 is 17.9 Å². The number of aromatic nitrogens is 3. The van der Waals surface area contributed by atoms with Crippen LogP contribution in [0.1, 0.15) is 36.2 Å². The van der Waals surface area contributed by atoms with Crippen LogP contribution in [0.25, 0.3) is 6.08 Å². The highest BCUT2D eigenvalue weighted by atomic mass is 19.4. The third-order valence-corrected chi connectivity index (χ3v) is 7.49. The van der Waals surface area contributed by atoms with Crippen molar-refractivity contribution in [3.05, 3.63) is 47.3 Å². The van der Waals surface area contributed by atoms with Gasteiger partial charge in [0.15, 0.2) is 0 Å². The molecule has 3 heterocycles.